The predicted molar refractivity (Wildman–Crippen MR) is 72.8 cm³/mol. The molecule has 1 aliphatic heterocycles. The van der Waals surface area contributed by atoms with Crippen LogP contribution < -0.4 is 16.0 Å². The fraction of sp³-hybridized carbons (Fsp3) is 0.538. The van der Waals surface area contributed by atoms with Crippen LogP contribution in [0.4, 0.5) is 5.82 Å². The van der Waals surface area contributed by atoms with E-state index in [1.165, 1.54) is 0 Å². The van der Waals surface area contributed by atoms with Gasteiger partial charge in [-0.2, -0.15) is 0 Å². The number of nitrogens with one attached hydrogen (secondary N) is 1. The number of carbonyl (C=O) groups excluding carboxylic acids is 1. The lowest BCUT2D eigenvalue weighted by Crippen LogP contribution is -2.38. The third-order valence-corrected chi connectivity index (χ3v) is 3.02. The fourth-order valence-electron chi connectivity index (χ4n) is 1.85. The Kier molecular flexibility index (Phi) is 4.70. The number of pyridine rings is 1. The molecule has 1 amide bonds. The first kappa shape index (κ1) is 13.8. The minimum Gasteiger partial charge on any atom is -0.378 e. The van der Waals surface area contributed by atoms with Gasteiger partial charge in [-0.15, -0.1) is 0 Å². The van der Waals surface area contributed by atoms with E-state index in [9.17, 15) is 4.79 Å². The van der Waals surface area contributed by atoms with Crippen molar-refractivity contribution in [1.29, 1.82) is 0 Å². The molecule has 6 heteroatoms. The largest absolute Gasteiger partial charge is 0.378 e. The summed E-state index contributed by atoms with van der Waals surface area (Å²) in [6, 6.07) is 3.46. The van der Waals surface area contributed by atoms with Gasteiger partial charge < -0.3 is 20.7 Å². The number of amides is 1. The second-order valence-electron chi connectivity index (χ2n) is 4.63. The first-order valence-electron chi connectivity index (χ1n) is 6.48. The zero-order valence-electron chi connectivity index (χ0n) is 11.1. The van der Waals surface area contributed by atoms with E-state index in [4.69, 9.17) is 10.5 Å². The van der Waals surface area contributed by atoms with Crippen LogP contribution in [0.2, 0.25) is 0 Å². The van der Waals surface area contributed by atoms with E-state index >= 15 is 0 Å². The first-order chi connectivity index (χ1) is 9.16. The normalized spacial score (nSPS) is 17.1. The molecule has 1 aromatic rings. The number of hydrogen-bond donors (Lipinski definition) is 2. The number of nitrogens with two attached hydrogens (primary N) is 1. The summed E-state index contributed by atoms with van der Waals surface area (Å²) in [4.78, 5) is 18.0. The lowest BCUT2D eigenvalue weighted by molar-refractivity contribution is -0.122. The van der Waals surface area contributed by atoms with Gasteiger partial charge in [0.2, 0.25) is 5.91 Å². The van der Waals surface area contributed by atoms with Gasteiger partial charge in [0, 0.05) is 25.8 Å². The summed E-state index contributed by atoms with van der Waals surface area (Å²) in [7, 11) is 0. The van der Waals surface area contributed by atoms with Crippen LogP contribution in [0, 0.1) is 0 Å². The molecule has 1 fully saturated rings. The van der Waals surface area contributed by atoms with Crippen molar-refractivity contribution < 1.29 is 9.53 Å². The molecule has 3 N–H and O–H groups in total. The average Bonchev–Trinajstić information content (AvgIpc) is 2.46. The molecule has 0 saturated carbocycles. The third-order valence-electron chi connectivity index (χ3n) is 3.02. The summed E-state index contributed by atoms with van der Waals surface area (Å²) in [5.74, 6) is 0.794. The molecule has 0 bridgehead atoms. The van der Waals surface area contributed by atoms with Crippen LogP contribution in [0.3, 0.4) is 0 Å². The highest BCUT2D eigenvalue weighted by atomic mass is 16.5. The molecular formula is C13H20N4O2. The Labute approximate surface area is 112 Å². The van der Waals surface area contributed by atoms with E-state index in [0.29, 0.717) is 6.54 Å². The maximum Gasteiger partial charge on any atom is 0.236 e. The van der Waals surface area contributed by atoms with E-state index in [0.717, 1.165) is 37.7 Å². The SMILES string of the molecule is C[C@@H](N)C(=O)NCc1ccc(N2CCOCC2)nc1. The highest BCUT2D eigenvalue weighted by Gasteiger charge is 2.12. The number of carbonyl (C=O) groups is 1. The molecule has 6 nitrogen and oxygen atoms in total. The molecule has 1 aromatic heterocycles. The third kappa shape index (κ3) is 3.90. The zero-order chi connectivity index (χ0) is 13.7. The molecular weight excluding hydrogens is 244 g/mol. The van der Waals surface area contributed by atoms with Gasteiger partial charge in [-0.25, -0.2) is 4.98 Å². The Morgan fingerprint density at radius 2 is 2.26 bits per heavy atom. The van der Waals surface area contributed by atoms with Crippen LogP contribution in [0.5, 0.6) is 0 Å². The topological polar surface area (TPSA) is 80.5 Å². The molecule has 1 aliphatic rings. The molecule has 2 rings (SSSR count). The summed E-state index contributed by atoms with van der Waals surface area (Å²) >= 11 is 0. The van der Waals surface area contributed by atoms with E-state index in [1.54, 1.807) is 13.1 Å². The highest BCUT2D eigenvalue weighted by Crippen LogP contribution is 2.12. The van der Waals surface area contributed by atoms with Crippen molar-refractivity contribution in [2.24, 2.45) is 5.73 Å². The van der Waals surface area contributed by atoms with E-state index in [1.807, 2.05) is 12.1 Å². The van der Waals surface area contributed by atoms with Crippen LogP contribution in [0.15, 0.2) is 18.3 Å². The van der Waals surface area contributed by atoms with E-state index in [2.05, 4.69) is 15.2 Å². The molecule has 1 saturated heterocycles. The van der Waals surface area contributed by atoms with Crippen molar-refractivity contribution in [2.45, 2.75) is 19.5 Å². The van der Waals surface area contributed by atoms with Gasteiger partial charge in [0.15, 0.2) is 0 Å². The lowest BCUT2D eigenvalue weighted by Gasteiger charge is -2.27. The maximum atomic E-state index is 11.4. The van der Waals surface area contributed by atoms with Gasteiger partial charge in [0.05, 0.1) is 19.3 Å². The minimum atomic E-state index is -0.486. The van der Waals surface area contributed by atoms with Crippen molar-refractivity contribution in [3.63, 3.8) is 0 Å². The Morgan fingerprint density at radius 1 is 1.53 bits per heavy atom. The van der Waals surface area contributed by atoms with E-state index < -0.39 is 6.04 Å². The summed E-state index contributed by atoms with van der Waals surface area (Å²) in [5.41, 5.74) is 6.44. The number of morpholine rings is 1. The Morgan fingerprint density at radius 3 is 2.84 bits per heavy atom. The Bertz CT molecular complexity index is 413. The second kappa shape index (κ2) is 6.49. The molecule has 104 valence electrons. The number of rotatable bonds is 4. The quantitative estimate of drug-likeness (QED) is 0.792. The van der Waals surface area contributed by atoms with Crippen molar-refractivity contribution in [3.8, 4) is 0 Å². The van der Waals surface area contributed by atoms with Gasteiger partial charge in [-0.1, -0.05) is 6.07 Å². The minimum absolute atomic E-state index is 0.155. The standard InChI is InChI=1S/C13H20N4O2/c1-10(14)13(18)16-9-11-2-3-12(15-8-11)17-4-6-19-7-5-17/h2-3,8,10H,4-7,9,14H2,1H3,(H,16,18)/t10-/m1/s1. The van der Waals surface area contributed by atoms with E-state index in [-0.39, 0.29) is 5.91 Å². The number of nitrogens with zero attached hydrogens (tertiary/aromatic N) is 2. The Balaban J connectivity index is 1.89. The molecule has 0 aromatic carbocycles. The molecule has 0 spiro atoms. The van der Waals surface area contributed by atoms with Crippen LogP contribution in [0.1, 0.15) is 12.5 Å². The number of aromatic nitrogens is 1. The monoisotopic (exact) mass is 264 g/mol. The highest BCUT2D eigenvalue weighted by molar-refractivity contribution is 5.80. The second-order valence-corrected chi connectivity index (χ2v) is 4.63. The zero-order valence-corrected chi connectivity index (χ0v) is 11.1. The smallest absolute Gasteiger partial charge is 0.236 e. The van der Waals surface area contributed by atoms with Gasteiger partial charge in [-0.05, 0) is 18.6 Å². The average molecular weight is 264 g/mol. The first-order valence-corrected chi connectivity index (χ1v) is 6.48. The molecule has 1 atom stereocenters. The lowest BCUT2D eigenvalue weighted by atomic mass is 10.2. The number of anilines is 1. The van der Waals surface area contributed by atoms with Crippen molar-refractivity contribution in [1.82, 2.24) is 10.3 Å². The Hall–Kier alpha value is -1.66. The summed E-state index contributed by atoms with van der Waals surface area (Å²) in [6.45, 7) is 5.34. The van der Waals surface area contributed by atoms with Crippen molar-refractivity contribution in [3.05, 3.63) is 23.9 Å². The van der Waals surface area contributed by atoms with Crippen molar-refractivity contribution >= 4 is 11.7 Å². The van der Waals surface area contributed by atoms with Crippen molar-refractivity contribution in [2.75, 3.05) is 31.2 Å². The van der Waals surface area contributed by atoms with Crippen LogP contribution in [-0.2, 0) is 16.1 Å². The molecule has 0 aliphatic carbocycles. The van der Waals surface area contributed by atoms with Gasteiger partial charge >= 0.3 is 0 Å². The summed E-state index contributed by atoms with van der Waals surface area (Å²) < 4.78 is 5.30. The summed E-state index contributed by atoms with van der Waals surface area (Å²) in [6.07, 6.45) is 1.78. The molecule has 0 unspecified atom stereocenters. The number of ether oxygens (including phenoxy) is 1. The summed E-state index contributed by atoms with van der Waals surface area (Å²) in [5, 5.41) is 2.76. The molecule has 19 heavy (non-hydrogen) atoms. The van der Waals surface area contributed by atoms with Gasteiger partial charge in [0.1, 0.15) is 5.82 Å². The fourth-order valence-corrected chi connectivity index (χ4v) is 1.85. The molecule has 2 heterocycles. The van der Waals surface area contributed by atoms with Gasteiger partial charge in [-0.3, -0.25) is 4.79 Å². The predicted octanol–water partition coefficient (Wildman–Crippen LogP) is -0.118. The number of hydrogen-bond acceptors (Lipinski definition) is 5. The maximum absolute atomic E-state index is 11.4. The molecule has 0 radical (unpaired) electrons. The van der Waals surface area contributed by atoms with Gasteiger partial charge in [0.25, 0.3) is 0 Å². The van der Waals surface area contributed by atoms with Crippen LogP contribution >= 0.6 is 0 Å². The van der Waals surface area contributed by atoms with Crippen LogP contribution in [0.25, 0.3) is 0 Å². The van der Waals surface area contributed by atoms with Crippen LogP contribution in [-0.4, -0.2) is 43.2 Å².